The smallest absolute Gasteiger partial charge is 0.257 e. The summed E-state index contributed by atoms with van der Waals surface area (Å²) in [5, 5.41) is 8.87. The molecule has 9 heteroatoms. The zero-order valence-corrected chi connectivity index (χ0v) is 23.7. The first kappa shape index (κ1) is 28.7. The molecule has 2 heterocycles. The van der Waals surface area contributed by atoms with Gasteiger partial charge in [0.2, 0.25) is 5.91 Å². The summed E-state index contributed by atoms with van der Waals surface area (Å²) in [6, 6.07) is 27.2. The number of hydrogen-bond acceptors (Lipinski definition) is 6. The maximum absolute atomic E-state index is 14.5. The third-order valence-corrected chi connectivity index (χ3v) is 7.44. The molecule has 0 spiro atoms. The van der Waals surface area contributed by atoms with E-state index in [-0.39, 0.29) is 18.0 Å². The molecule has 42 heavy (non-hydrogen) atoms. The summed E-state index contributed by atoms with van der Waals surface area (Å²) in [6.07, 6.45) is 1.31. The number of ether oxygens (including phenoxy) is 1. The van der Waals surface area contributed by atoms with Gasteiger partial charge in [-0.05, 0) is 66.9 Å². The van der Waals surface area contributed by atoms with E-state index in [1.54, 1.807) is 24.1 Å². The monoisotopic (exact) mass is 567 g/mol. The van der Waals surface area contributed by atoms with Gasteiger partial charge >= 0.3 is 0 Å². The number of aromatic nitrogens is 2. The summed E-state index contributed by atoms with van der Waals surface area (Å²) in [6.45, 7) is 2.56. The molecule has 1 aliphatic heterocycles. The van der Waals surface area contributed by atoms with Crippen LogP contribution in [0.2, 0.25) is 0 Å². The molecule has 1 aromatic heterocycles. The fraction of sp³-hybridized carbons (Fsp3) is 0.273. The topological polar surface area (TPSA) is 78.9 Å². The van der Waals surface area contributed by atoms with Crippen molar-refractivity contribution in [3.8, 4) is 17.0 Å². The molecular weight excluding hydrogens is 533 g/mol. The normalized spacial score (nSPS) is 13.4. The van der Waals surface area contributed by atoms with E-state index in [2.05, 4.69) is 15.1 Å². The third kappa shape index (κ3) is 7.09. The molecule has 8 nitrogen and oxygen atoms in total. The van der Waals surface area contributed by atoms with Crippen LogP contribution in [0.5, 0.6) is 5.75 Å². The van der Waals surface area contributed by atoms with Crippen LogP contribution in [0.25, 0.3) is 11.3 Å². The van der Waals surface area contributed by atoms with Crippen molar-refractivity contribution < 1.29 is 18.7 Å². The minimum Gasteiger partial charge on any atom is -0.497 e. The highest BCUT2D eigenvalue weighted by Gasteiger charge is 2.26. The number of carbonyl (C=O) groups excluding carboxylic acids is 2. The van der Waals surface area contributed by atoms with Crippen LogP contribution in [0.1, 0.15) is 22.3 Å². The Kier molecular flexibility index (Phi) is 9.38. The highest BCUT2D eigenvalue weighted by molar-refractivity contribution is 5.96. The lowest BCUT2D eigenvalue weighted by molar-refractivity contribution is -0.131. The first-order valence-corrected chi connectivity index (χ1v) is 14.1. The Morgan fingerprint density at radius 3 is 2.33 bits per heavy atom. The molecule has 0 atom stereocenters. The highest BCUT2D eigenvalue weighted by Crippen LogP contribution is 2.22. The van der Waals surface area contributed by atoms with Crippen LogP contribution < -0.4 is 9.64 Å². The Morgan fingerprint density at radius 2 is 1.62 bits per heavy atom. The summed E-state index contributed by atoms with van der Waals surface area (Å²) in [7, 11) is 1.63. The van der Waals surface area contributed by atoms with Crippen molar-refractivity contribution in [2.24, 2.45) is 0 Å². The molecule has 3 aromatic carbocycles. The fourth-order valence-corrected chi connectivity index (χ4v) is 5.03. The number of carbonyl (C=O) groups is 2. The number of nitrogens with zero attached hydrogens (tertiary/aromatic N) is 5. The average Bonchev–Trinajstić information content (AvgIpc) is 3.30. The van der Waals surface area contributed by atoms with E-state index < -0.39 is 11.7 Å². The largest absolute Gasteiger partial charge is 0.497 e. The Hall–Kier alpha value is -4.79. The molecule has 0 saturated carbocycles. The van der Waals surface area contributed by atoms with E-state index in [4.69, 9.17) is 4.74 Å². The van der Waals surface area contributed by atoms with Crippen LogP contribution >= 0.6 is 0 Å². The SMILES string of the molecule is COc1ccc(-c2ccc(N3CCCN(C(=O)CN(CCc4ccccc4)C(=O)c4ccccc4F)CC3)nn2)cc1. The van der Waals surface area contributed by atoms with Crippen molar-refractivity contribution in [1.29, 1.82) is 0 Å². The third-order valence-electron chi connectivity index (χ3n) is 7.44. The number of hydrogen-bond donors (Lipinski definition) is 0. The standard InChI is InChI=1S/C33H34FN5O3/c1-42-27-14-12-26(13-15-27)30-16-17-31(36-35-30)37-19-7-20-38(23-22-37)32(40)24-39(21-18-25-8-3-2-4-9-25)33(41)28-10-5-6-11-29(28)34/h2-6,8-17H,7,18-24H2,1H3. The van der Waals surface area contributed by atoms with Gasteiger partial charge in [-0.2, -0.15) is 0 Å². The van der Waals surface area contributed by atoms with Gasteiger partial charge < -0.3 is 19.4 Å². The summed E-state index contributed by atoms with van der Waals surface area (Å²) >= 11 is 0. The number of methoxy groups -OCH3 is 1. The van der Waals surface area contributed by atoms with Gasteiger partial charge in [-0.25, -0.2) is 4.39 Å². The molecule has 0 unspecified atom stereocenters. The Morgan fingerprint density at radius 1 is 0.857 bits per heavy atom. The second-order valence-electron chi connectivity index (χ2n) is 10.2. The van der Waals surface area contributed by atoms with Crippen LogP contribution in [0.4, 0.5) is 10.2 Å². The van der Waals surface area contributed by atoms with Crippen LogP contribution in [-0.2, 0) is 11.2 Å². The van der Waals surface area contributed by atoms with Gasteiger partial charge in [-0.15, -0.1) is 10.2 Å². The molecule has 0 N–H and O–H groups in total. The minimum absolute atomic E-state index is 0.0305. The Bertz CT molecular complexity index is 1480. The predicted octanol–water partition coefficient (Wildman–Crippen LogP) is 4.72. The molecule has 0 bridgehead atoms. The maximum atomic E-state index is 14.5. The molecule has 1 fully saturated rings. The van der Waals surface area contributed by atoms with Gasteiger partial charge in [-0.3, -0.25) is 9.59 Å². The molecular formula is C33H34FN5O3. The lowest BCUT2D eigenvalue weighted by Gasteiger charge is -2.27. The van der Waals surface area contributed by atoms with E-state index in [0.29, 0.717) is 32.6 Å². The predicted molar refractivity (Wildman–Crippen MR) is 160 cm³/mol. The molecule has 0 radical (unpaired) electrons. The van der Waals surface area contributed by atoms with Gasteiger partial charge in [0.05, 0.1) is 18.4 Å². The van der Waals surface area contributed by atoms with Crippen molar-refractivity contribution in [2.45, 2.75) is 12.8 Å². The lowest BCUT2D eigenvalue weighted by Crippen LogP contribution is -2.45. The number of amides is 2. The van der Waals surface area contributed by atoms with Gasteiger partial charge in [0.1, 0.15) is 18.1 Å². The number of anilines is 1. The van der Waals surface area contributed by atoms with Gasteiger partial charge in [0.25, 0.3) is 5.91 Å². The average molecular weight is 568 g/mol. The van der Waals surface area contributed by atoms with Crippen molar-refractivity contribution in [3.05, 3.63) is 108 Å². The highest BCUT2D eigenvalue weighted by atomic mass is 19.1. The van der Waals surface area contributed by atoms with Gasteiger partial charge in [-0.1, -0.05) is 42.5 Å². The van der Waals surface area contributed by atoms with Crippen molar-refractivity contribution >= 4 is 17.6 Å². The maximum Gasteiger partial charge on any atom is 0.257 e. The van der Waals surface area contributed by atoms with Crippen molar-refractivity contribution in [1.82, 2.24) is 20.0 Å². The number of benzene rings is 3. The van der Waals surface area contributed by atoms with E-state index in [1.165, 1.54) is 17.0 Å². The van der Waals surface area contributed by atoms with Crippen LogP contribution in [-0.4, -0.2) is 78.2 Å². The van der Waals surface area contributed by atoms with Crippen molar-refractivity contribution in [2.75, 3.05) is 51.3 Å². The molecule has 216 valence electrons. The molecule has 1 saturated heterocycles. The minimum atomic E-state index is -0.593. The zero-order chi connectivity index (χ0) is 29.3. The Labute approximate surface area is 245 Å². The first-order chi connectivity index (χ1) is 20.5. The zero-order valence-electron chi connectivity index (χ0n) is 23.7. The second-order valence-corrected chi connectivity index (χ2v) is 10.2. The van der Waals surface area contributed by atoms with Crippen LogP contribution in [0.15, 0.2) is 91.0 Å². The summed E-state index contributed by atoms with van der Waals surface area (Å²) in [4.78, 5) is 32.2. The summed E-state index contributed by atoms with van der Waals surface area (Å²) in [5.74, 6) is 0.296. The van der Waals surface area contributed by atoms with Gasteiger partial charge in [0.15, 0.2) is 5.82 Å². The number of rotatable bonds is 9. The fourth-order valence-electron chi connectivity index (χ4n) is 5.03. The van der Waals surface area contributed by atoms with E-state index in [9.17, 15) is 14.0 Å². The molecule has 5 rings (SSSR count). The number of halogens is 1. The molecule has 1 aliphatic rings. The summed E-state index contributed by atoms with van der Waals surface area (Å²) in [5.41, 5.74) is 2.73. The molecule has 4 aromatic rings. The Balaban J connectivity index is 1.23. The van der Waals surface area contributed by atoms with Gasteiger partial charge in [0, 0.05) is 38.3 Å². The van der Waals surface area contributed by atoms with E-state index >= 15 is 0 Å². The summed E-state index contributed by atoms with van der Waals surface area (Å²) < 4.78 is 19.7. The van der Waals surface area contributed by atoms with E-state index in [1.807, 2.05) is 66.7 Å². The van der Waals surface area contributed by atoms with Crippen LogP contribution in [0, 0.1) is 5.82 Å². The molecule has 0 aliphatic carbocycles. The van der Waals surface area contributed by atoms with E-state index in [0.717, 1.165) is 41.4 Å². The second kappa shape index (κ2) is 13.7. The lowest BCUT2D eigenvalue weighted by atomic mass is 10.1. The van der Waals surface area contributed by atoms with Crippen LogP contribution in [0.3, 0.4) is 0 Å². The molecule has 2 amide bonds. The first-order valence-electron chi connectivity index (χ1n) is 14.1. The van der Waals surface area contributed by atoms with Crippen molar-refractivity contribution in [3.63, 3.8) is 0 Å². The quantitative estimate of drug-likeness (QED) is 0.292.